The molecule has 28 heavy (non-hydrogen) atoms. The van der Waals surface area contributed by atoms with E-state index in [1.807, 2.05) is 31.4 Å². The molecule has 3 N–H and O–H groups in total. The first-order valence-corrected chi connectivity index (χ1v) is 8.73. The van der Waals surface area contributed by atoms with Gasteiger partial charge in [-0.15, -0.1) is 0 Å². The highest BCUT2D eigenvalue weighted by Crippen LogP contribution is 2.17. The molecule has 0 saturated carbocycles. The van der Waals surface area contributed by atoms with E-state index in [-0.39, 0.29) is 11.4 Å². The van der Waals surface area contributed by atoms with Crippen LogP contribution in [0.25, 0.3) is 11.1 Å². The number of aromatic nitrogens is 1. The fourth-order valence-electron chi connectivity index (χ4n) is 3.50. The zero-order valence-corrected chi connectivity index (χ0v) is 16.8. The molecule has 1 amide bonds. The van der Waals surface area contributed by atoms with Crippen molar-refractivity contribution in [3.8, 4) is 22.9 Å². The number of carbonyl (C=O) groups is 2. The monoisotopic (exact) mass is 369 g/mol. The summed E-state index contributed by atoms with van der Waals surface area (Å²) in [6, 6.07) is 2.25. The van der Waals surface area contributed by atoms with E-state index in [0.717, 1.165) is 27.4 Å². The van der Waals surface area contributed by atoms with Crippen molar-refractivity contribution in [2.75, 3.05) is 6.54 Å². The predicted octanol–water partition coefficient (Wildman–Crippen LogP) is -9.31. The molecule has 7 nitrogen and oxygen atoms in total. The molecule has 0 unspecified atom stereocenters. The standard InChI is InChI=1S/C15H17B6N3O4/c16-7-3(1-22)8(17)11(20)9(18)5(7)6-10(19)13(27)12(24-14(6)21)15(28)23-2-4(25)26/h27H,2,16-21H2,(H,23,28)(H,25,26). The number of aliphatic carboxylic acids is 1. The highest BCUT2D eigenvalue weighted by atomic mass is 16.4. The van der Waals surface area contributed by atoms with Gasteiger partial charge < -0.3 is 15.5 Å². The molecule has 1 aromatic carbocycles. The van der Waals surface area contributed by atoms with Crippen molar-refractivity contribution in [1.82, 2.24) is 10.3 Å². The highest BCUT2D eigenvalue weighted by Gasteiger charge is 2.24. The maximum atomic E-state index is 12.2. The van der Waals surface area contributed by atoms with E-state index in [9.17, 15) is 20.0 Å². The van der Waals surface area contributed by atoms with Crippen LogP contribution in [0.3, 0.4) is 0 Å². The summed E-state index contributed by atoms with van der Waals surface area (Å²) in [7, 11) is 11.1. The number of carboxylic acid groups (broad SMARTS) is 1. The Labute approximate surface area is 168 Å². The van der Waals surface area contributed by atoms with E-state index in [1.165, 1.54) is 0 Å². The lowest BCUT2D eigenvalue weighted by atomic mass is 9.61. The van der Waals surface area contributed by atoms with Crippen LogP contribution in [0.5, 0.6) is 5.75 Å². The number of nitrogens with one attached hydrogen (secondary N) is 1. The lowest BCUT2D eigenvalue weighted by molar-refractivity contribution is -0.135. The van der Waals surface area contributed by atoms with Crippen LogP contribution >= 0.6 is 0 Å². The first kappa shape index (κ1) is 21.3. The molecule has 2 rings (SSSR count). The van der Waals surface area contributed by atoms with Crippen molar-refractivity contribution in [3.05, 3.63) is 11.3 Å². The molecule has 0 radical (unpaired) electrons. The smallest absolute Gasteiger partial charge is 0.322 e. The number of nitrogens with zero attached hydrogens (tertiary/aromatic N) is 2. The zero-order valence-electron chi connectivity index (χ0n) is 16.8. The number of pyridine rings is 1. The van der Waals surface area contributed by atoms with Crippen LogP contribution in [0.2, 0.25) is 0 Å². The van der Waals surface area contributed by atoms with Crippen molar-refractivity contribution in [2.24, 2.45) is 0 Å². The van der Waals surface area contributed by atoms with Crippen LogP contribution in [0, 0.1) is 11.3 Å². The highest BCUT2D eigenvalue weighted by molar-refractivity contribution is 6.63. The van der Waals surface area contributed by atoms with Gasteiger partial charge in [-0.1, -0.05) is 21.9 Å². The minimum Gasteiger partial charge on any atom is -0.506 e. The molecule has 2 aromatic rings. The third-order valence-corrected chi connectivity index (χ3v) is 5.20. The molecular formula is C15H17B6N3O4. The van der Waals surface area contributed by atoms with Crippen molar-refractivity contribution in [1.29, 1.82) is 5.26 Å². The van der Waals surface area contributed by atoms with Gasteiger partial charge in [0.2, 0.25) is 0 Å². The fourth-order valence-corrected chi connectivity index (χ4v) is 3.50. The molecule has 0 spiro atoms. The molecule has 0 saturated heterocycles. The number of hydrogen-bond donors (Lipinski definition) is 3. The van der Waals surface area contributed by atoms with Gasteiger partial charge in [-0.25, -0.2) is 0 Å². The first-order valence-electron chi connectivity index (χ1n) is 8.73. The number of aromatic hydroxyl groups is 1. The average Bonchev–Trinajstić information content (AvgIpc) is 2.64. The number of benzene rings is 1. The van der Waals surface area contributed by atoms with Crippen molar-refractivity contribution < 1.29 is 19.8 Å². The first-order chi connectivity index (χ1) is 13.0. The molecule has 13 heteroatoms. The van der Waals surface area contributed by atoms with E-state index in [0.29, 0.717) is 22.2 Å². The summed E-state index contributed by atoms with van der Waals surface area (Å²) in [5, 5.41) is 31.1. The number of nitriles is 1. The molecule has 134 valence electrons. The van der Waals surface area contributed by atoms with E-state index < -0.39 is 18.4 Å². The Morgan fingerprint density at radius 3 is 2.11 bits per heavy atom. The third kappa shape index (κ3) is 3.55. The Morgan fingerprint density at radius 2 is 1.57 bits per heavy atom. The summed E-state index contributed by atoms with van der Waals surface area (Å²) in [5.41, 5.74) is 6.47. The Balaban J connectivity index is 2.76. The van der Waals surface area contributed by atoms with Gasteiger partial charge in [0.1, 0.15) is 51.5 Å². The van der Waals surface area contributed by atoms with Gasteiger partial charge in [0.05, 0.1) is 6.07 Å². The molecule has 0 aliphatic rings. The Bertz CT molecular complexity index is 1070. The van der Waals surface area contributed by atoms with Gasteiger partial charge in [-0.2, -0.15) is 5.26 Å². The fraction of sp³-hybridized carbons (Fsp3) is 0.0667. The molecule has 0 bridgehead atoms. The summed E-state index contributed by atoms with van der Waals surface area (Å²) in [6.07, 6.45) is 0. The molecule has 1 aromatic heterocycles. The van der Waals surface area contributed by atoms with Crippen molar-refractivity contribution in [2.45, 2.75) is 0 Å². The molecular weight excluding hydrogens is 351 g/mol. The minimum absolute atomic E-state index is 0.223. The normalized spacial score (nSPS) is 10.2. The average molecular weight is 368 g/mol. The quantitative estimate of drug-likeness (QED) is 0.461. The summed E-state index contributed by atoms with van der Waals surface area (Å²) >= 11 is 0. The van der Waals surface area contributed by atoms with Gasteiger partial charge >= 0.3 is 5.97 Å². The van der Waals surface area contributed by atoms with Crippen LogP contribution in [-0.2, 0) is 4.79 Å². The van der Waals surface area contributed by atoms with E-state index in [4.69, 9.17) is 5.11 Å². The van der Waals surface area contributed by atoms with E-state index in [1.54, 1.807) is 15.7 Å². The molecule has 0 aliphatic heterocycles. The van der Waals surface area contributed by atoms with Crippen LogP contribution in [-0.4, -0.2) is 80.7 Å². The van der Waals surface area contributed by atoms with E-state index >= 15 is 0 Å². The summed E-state index contributed by atoms with van der Waals surface area (Å²) < 4.78 is 0. The maximum Gasteiger partial charge on any atom is 0.322 e. The molecule has 0 fully saturated rings. The number of carboxylic acids is 1. The maximum absolute atomic E-state index is 12.2. The zero-order chi connectivity index (χ0) is 21.3. The molecule has 0 atom stereocenters. The Kier molecular flexibility index (Phi) is 6.03. The summed E-state index contributed by atoms with van der Waals surface area (Å²) in [5.74, 6) is -2.26. The second-order valence-electron chi connectivity index (χ2n) is 6.83. The van der Waals surface area contributed by atoms with Gasteiger partial charge in [0.15, 0.2) is 13.5 Å². The van der Waals surface area contributed by atoms with Crippen LogP contribution in [0.1, 0.15) is 16.1 Å². The van der Waals surface area contributed by atoms with Crippen LogP contribution < -0.4 is 38.2 Å². The molecule has 0 aliphatic carbocycles. The predicted molar refractivity (Wildman–Crippen MR) is 125 cm³/mol. The van der Waals surface area contributed by atoms with Gasteiger partial charge in [0, 0.05) is 11.2 Å². The number of carbonyl (C=O) groups excluding carboxylic acids is 1. The minimum atomic E-state index is -1.19. The van der Waals surface area contributed by atoms with Gasteiger partial charge in [-0.3, -0.25) is 14.6 Å². The second-order valence-corrected chi connectivity index (χ2v) is 6.83. The van der Waals surface area contributed by atoms with Gasteiger partial charge in [-0.05, 0) is 16.6 Å². The number of hydrogen-bond acceptors (Lipinski definition) is 5. The van der Waals surface area contributed by atoms with Crippen molar-refractivity contribution >= 4 is 91.9 Å². The number of amides is 1. The summed E-state index contributed by atoms with van der Waals surface area (Å²) in [4.78, 5) is 27.1. The number of rotatable bonds is 4. The molecule has 1 heterocycles. The third-order valence-electron chi connectivity index (χ3n) is 5.20. The lowest BCUT2D eigenvalue weighted by Gasteiger charge is -2.22. The van der Waals surface area contributed by atoms with E-state index in [2.05, 4.69) is 16.4 Å². The van der Waals surface area contributed by atoms with Crippen LogP contribution in [0.15, 0.2) is 0 Å². The van der Waals surface area contributed by atoms with Crippen LogP contribution in [0.4, 0.5) is 0 Å². The van der Waals surface area contributed by atoms with Gasteiger partial charge in [0.25, 0.3) is 5.91 Å². The SMILES string of the molecule is Bc1nc(C(=O)NCC(=O)O)c(O)c(B)c1-c1c(B)c(B)c(B)c(C#N)c1B. The topological polar surface area (TPSA) is 123 Å². The Hall–Kier alpha value is -3.01. The second kappa shape index (κ2) is 7.93. The largest absolute Gasteiger partial charge is 0.506 e. The van der Waals surface area contributed by atoms with Crippen molar-refractivity contribution in [3.63, 3.8) is 0 Å². The summed E-state index contributed by atoms with van der Waals surface area (Å²) in [6.45, 7) is -0.569. The Morgan fingerprint density at radius 1 is 0.964 bits per heavy atom. The lowest BCUT2D eigenvalue weighted by Crippen LogP contribution is -2.48.